The van der Waals surface area contributed by atoms with E-state index in [2.05, 4.69) is 53.5 Å². The molecule has 0 bridgehead atoms. The lowest BCUT2D eigenvalue weighted by Gasteiger charge is -2.30. The van der Waals surface area contributed by atoms with Gasteiger partial charge in [-0.3, -0.25) is 0 Å². The summed E-state index contributed by atoms with van der Waals surface area (Å²) >= 11 is 0. The number of amides is 2. The van der Waals surface area contributed by atoms with Crippen molar-refractivity contribution < 1.29 is 4.79 Å². The Labute approximate surface area is 173 Å². The summed E-state index contributed by atoms with van der Waals surface area (Å²) in [6, 6.07) is 26.2. The Morgan fingerprint density at radius 3 is 2.24 bits per heavy atom. The Bertz CT molecular complexity index is 936. The summed E-state index contributed by atoms with van der Waals surface area (Å²) in [5, 5.41) is 3.06. The Kier molecular flexibility index (Phi) is 6.55. The molecule has 1 unspecified atom stereocenters. The second-order valence-electron chi connectivity index (χ2n) is 7.58. The van der Waals surface area contributed by atoms with Gasteiger partial charge < -0.3 is 15.1 Å². The van der Waals surface area contributed by atoms with Crippen molar-refractivity contribution in [1.29, 1.82) is 0 Å². The van der Waals surface area contributed by atoms with Gasteiger partial charge in [-0.2, -0.15) is 0 Å². The fourth-order valence-corrected chi connectivity index (χ4v) is 3.31. The summed E-state index contributed by atoms with van der Waals surface area (Å²) in [5.74, 6) is 0. The van der Waals surface area contributed by atoms with E-state index in [0.717, 1.165) is 28.1 Å². The lowest BCUT2D eigenvalue weighted by molar-refractivity contribution is 0.189. The number of hydrogen-bond acceptors (Lipinski definition) is 2. The average molecular weight is 388 g/mol. The lowest BCUT2D eigenvalue weighted by atomic mass is 10.1. The third-order valence-corrected chi connectivity index (χ3v) is 5.09. The number of hydrogen-bond donors (Lipinski definition) is 1. The Morgan fingerprint density at radius 1 is 0.931 bits per heavy atom. The van der Waals surface area contributed by atoms with E-state index in [1.54, 1.807) is 0 Å². The first-order chi connectivity index (χ1) is 13.9. The molecule has 0 aliphatic rings. The van der Waals surface area contributed by atoms with Gasteiger partial charge in [0, 0.05) is 32.0 Å². The number of benzene rings is 3. The van der Waals surface area contributed by atoms with Crippen molar-refractivity contribution in [2.24, 2.45) is 0 Å². The molecule has 3 aromatic carbocycles. The van der Waals surface area contributed by atoms with Crippen LogP contribution in [0.1, 0.15) is 29.7 Å². The van der Waals surface area contributed by atoms with Gasteiger partial charge in [-0.15, -0.1) is 0 Å². The van der Waals surface area contributed by atoms with Crippen molar-refractivity contribution in [1.82, 2.24) is 4.90 Å². The summed E-state index contributed by atoms with van der Waals surface area (Å²) in [7, 11) is 4.04. The monoisotopic (exact) mass is 387 g/mol. The zero-order valence-electron chi connectivity index (χ0n) is 17.6. The number of aryl methyl sites for hydroxylation is 1. The summed E-state index contributed by atoms with van der Waals surface area (Å²) in [6.07, 6.45) is 0. The molecule has 0 heterocycles. The Morgan fingerprint density at radius 2 is 1.62 bits per heavy atom. The number of rotatable bonds is 6. The van der Waals surface area contributed by atoms with Crippen LogP contribution in [0.15, 0.2) is 78.9 Å². The number of carbonyl (C=O) groups is 1. The Hall–Kier alpha value is -3.27. The Balaban J connectivity index is 1.85. The van der Waals surface area contributed by atoms with Gasteiger partial charge in [0.25, 0.3) is 0 Å². The van der Waals surface area contributed by atoms with Crippen molar-refractivity contribution in [3.8, 4) is 0 Å². The molecule has 29 heavy (non-hydrogen) atoms. The van der Waals surface area contributed by atoms with Crippen molar-refractivity contribution >= 4 is 17.4 Å². The van der Waals surface area contributed by atoms with Crippen molar-refractivity contribution in [3.63, 3.8) is 0 Å². The smallest absolute Gasteiger partial charge is 0.322 e. The number of nitrogens with zero attached hydrogens (tertiary/aromatic N) is 2. The normalized spacial score (nSPS) is 11.6. The van der Waals surface area contributed by atoms with Gasteiger partial charge in [-0.1, -0.05) is 54.6 Å². The summed E-state index contributed by atoms with van der Waals surface area (Å²) in [5.41, 5.74) is 5.27. The standard InChI is InChI=1S/C25H29N3O/c1-19-9-8-12-23(17-19)26-25(29)28(20(2)22-10-6-5-7-11-22)18-21-13-15-24(16-14-21)27(3)4/h5-17,20H,18H2,1-4H3,(H,26,29). The van der Waals surface area contributed by atoms with Crippen molar-refractivity contribution in [2.75, 3.05) is 24.3 Å². The van der Waals surface area contributed by atoms with E-state index in [0.29, 0.717) is 6.54 Å². The summed E-state index contributed by atoms with van der Waals surface area (Å²) < 4.78 is 0. The van der Waals surface area contributed by atoms with E-state index in [4.69, 9.17) is 0 Å². The van der Waals surface area contributed by atoms with E-state index in [1.165, 1.54) is 0 Å². The van der Waals surface area contributed by atoms with E-state index in [9.17, 15) is 4.79 Å². The zero-order valence-corrected chi connectivity index (χ0v) is 17.6. The number of carbonyl (C=O) groups excluding carboxylic acids is 1. The molecule has 0 aliphatic carbocycles. The minimum absolute atomic E-state index is 0.0606. The molecule has 0 fully saturated rings. The molecule has 2 amide bonds. The van der Waals surface area contributed by atoms with Crippen LogP contribution in [0, 0.1) is 6.92 Å². The molecule has 3 aromatic rings. The van der Waals surface area contributed by atoms with Gasteiger partial charge >= 0.3 is 6.03 Å². The van der Waals surface area contributed by atoms with Crippen LogP contribution in [0.25, 0.3) is 0 Å². The molecular weight excluding hydrogens is 358 g/mol. The van der Waals surface area contributed by atoms with Gasteiger partial charge in [0.05, 0.1) is 6.04 Å². The van der Waals surface area contributed by atoms with Crippen molar-refractivity contribution in [2.45, 2.75) is 26.4 Å². The van der Waals surface area contributed by atoms with Crippen LogP contribution in [0.2, 0.25) is 0 Å². The highest BCUT2D eigenvalue weighted by Crippen LogP contribution is 2.24. The zero-order chi connectivity index (χ0) is 20.8. The highest BCUT2D eigenvalue weighted by atomic mass is 16.2. The molecule has 150 valence electrons. The maximum atomic E-state index is 13.2. The molecule has 1 N–H and O–H groups in total. The second kappa shape index (κ2) is 9.28. The highest BCUT2D eigenvalue weighted by Gasteiger charge is 2.22. The first-order valence-corrected chi connectivity index (χ1v) is 9.89. The quantitative estimate of drug-likeness (QED) is 0.575. The molecule has 3 rings (SSSR count). The van der Waals surface area contributed by atoms with Gasteiger partial charge in [0.1, 0.15) is 0 Å². The average Bonchev–Trinajstić information content (AvgIpc) is 2.72. The predicted molar refractivity (Wildman–Crippen MR) is 121 cm³/mol. The van der Waals surface area contributed by atoms with Crippen LogP contribution in [-0.2, 0) is 6.54 Å². The highest BCUT2D eigenvalue weighted by molar-refractivity contribution is 5.89. The molecule has 0 spiro atoms. The molecule has 0 aromatic heterocycles. The fourth-order valence-electron chi connectivity index (χ4n) is 3.31. The van der Waals surface area contributed by atoms with Gasteiger partial charge in [-0.05, 0) is 54.8 Å². The SMILES string of the molecule is Cc1cccc(NC(=O)N(Cc2ccc(N(C)C)cc2)C(C)c2ccccc2)c1. The molecule has 4 heteroatoms. The van der Waals surface area contributed by atoms with E-state index in [1.807, 2.05) is 68.4 Å². The molecule has 0 saturated heterocycles. The third kappa shape index (κ3) is 5.38. The van der Waals surface area contributed by atoms with Gasteiger partial charge in [0.15, 0.2) is 0 Å². The summed E-state index contributed by atoms with van der Waals surface area (Å²) in [4.78, 5) is 17.2. The van der Waals surface area contributed by atoms with E-state index < -0.39 is 0 Å². The summed E-state index contributed by atoms with van der Waals surface area (Å²) in [6.45, 7) is 4.62. The van der Waals surface area contributed by atoms with Crippen LogP contribution in [0.3, 0.4) is 0 Å². The van der Waals surface area contributed by atoms with E-state index >= 15 is 0 Å². The molecule has 0 radical (unpaired) electrons. The first-order valence-electron chi connectivity index (χ1n) is 9.89. The molecule has 1 atom stereocenters. The number of urea groups is 1. The largest absolute Gasteiger partial charge is 0.378 e. The maximum absolute atomic E-state index is 13.2. The lowest BCUT2D eigenvalue weighted by Crippen LogP contribution is -2.36. The number of anilines is 2. The van der Waals surface area contributed by atoms with Gasteiger partial charge in [-0.25, -0.2) is 4.79 Å². The van der Waals surface area contributed by atoms with Crippen LogP contribution < -0.4 is 10.2 Å². The third-order valence-electron chi connectivity index (χ3n) is 5.09. The van der Waals surface area contributed by atoms with Gasteiger partial charge in [0.2, 0.25) is 0 Å². The fraction of sp³-hybridized carbons (Fsp3) is 0.240. The predicted octanol–water partition coefficient (Wildman–Crippen LogP) is 5.86. The van der Waals surface area contributed by atoms with Crippen LogP contribution in [0.5, 0.6) is 0 Å². The second-order valence-corrected chi connectivity index (χ2v) is 7.58. The minimum atomic E-state index is -0.108. The topological polar surface area (TPSA) is 35.6 Å². The minimum Gasteiger partial charge on any atom is -0.378 e. The maximum Gasteiger partial charge on any atom is 0.322 e. The van der Waals surface area contributed by atoms with Crippen molar-refractivity contribution in [3.05, 3.63) is 95.6 Å². The first kappa shape index (κ1) is 20.5. The molecule has 4 nitrogen and oxygen atoms in total. The molecular formula is C25H29N3O. The van der Waals surface area contributed by atoms with Crippen LogP contribution in [-0.4, -0.2) is 25.0 Å². The molecule has 0 saturated carbocycles. The number of nitrogens with one attached hydrogen (secondary N) is 1. The van der Waals surface area contributed by atoms with Crippen LogP contribution >= 0.6 is 0 Å². The molecule has 0 aliphatic heterocycles. The van der Waals surface area contributed by atoms with E-state index in [-0.39, 0.29) is 12.1 Å². The van der Waals surface area contributed by atoms with Crippen LogP contribution in [0.4, 0.5) is 16.2 Å².